The van der Waals surface area contributed by atoms with Gasteiger partial charge in [0.1, 0.15) is 5.83 Å². The highest BCUT2D eigenvalue weighted by Crippen LogP contribution is 2.45. The molecule has 9 heteroatoms. The molecule has 1 N–H and O–H groups in total. The van der Waals surface area contributed by atoms with Crippen molar-refractivity contribution in [2.45, 2.75) is 24.2 Å². The van der Waals surface area contributed by atoms with Crippen LogP contribution >= 0.6 is 0 Å². The second-order valence-electron chi connectivity index (χ2n) is 6.95. The van der Waals surface area contributed by atoms with Gasteiger partial charge in [0.25, 0.3) is 0 Å². The highest BCUT2D eigenvalue weighted by atomic mass is 19.4. The van der Waals surface area contributed by atoms with Gasteiger partial charge in [-0.15, -0.1) is 0 Å². The van der Waals surface area contributed by atoms with Crippen molar-refractivity contribution in [2.24, 2.45) is 0 Å². The van der Waals surface area contributed by atoms with Crippen LogP contribution in [0, 0.1) is 11.6 Å². The van der Waals surface area contributed by atoms with E-state index in [4.69, 9.17) is 0 Å². The van der Waals surface area contributed by atoms with Crippen LogP contribution in [0.25, 0.3) is 10.9 Å². The minimum atomic E-state index is -5.21. The van der Waals surface area contributed by atoms with Gasteiger partial charge in [0, 0.05) is 10.9 Å². The zero-order chi connectivity index (χ0) is 21.7. The average Bonchev–Trinajstić information content (AvgIpc) is 3.12. The van der Waals surface area contributed by atoms with Gasteiger partial charge in [-0.25, -0.2) is 13.2 Å². The number of aromatic nitrogens is 2. The normalized spacial score (nSPS) is 19.0. The average molecular weight is 424 g/mol. The van der Waals surface area contributed by atoms with Crippen molar-refractivity contribution in [1.82, 2.24) is 9.78 Å². The third-order valence-electron chi connectivity index (χ3n) is 5.11. The molecule has 0 radical (unpaired) electrons. The predicted octanol–water partition coefficient (Wildman–Crippen LogP) is 5.47. The maximum absolute atomic E-state index is 13.9. The Morgan fingerprint density at radius 2 is 1.67 bits per heavy atom. The lowest BCUT2D eigenvalue weighted by molar-refractivity contribution is -0.248. The maximum atomic E-state index is 13.9. The van der Waals surface area contributed by atoms with E-state index in [0.29, 0.717) is 35.5 Å². The van der Waals surface area contributed by atoms with Crippen molar-refractivity contribution >= 4 is 10.9 Å². The number of rotatable bonds is 3. The lowest BCUT2D eigenvalue weighted by Gasteiger charge is -2.31. The standard InChI is InChI=1S/C21H14F6N2O/c22-15-3-5-16(6-4-15)29-19-8-2-13(9-12(19)11-28-29)20(30,21(25,26)27)14-1-7-17(23)18(24)10-14/h1-5,7-11,16,30H,6H2. The summed E-state index contributed by atoms with van der Waals surface area (Å²) in [5.74, 6) is -3.22. The van der Waals surface area contributed by atoms with Crippen molar-refractivity contribution in [3.63, 3.8) is 0 Å². The third kappa shape index (κ3) is 3.19. The van der Waals surface area contributed by atoms with Gasteiger partial charge >= 0.3 is 6.18 Å². The number of hydrogen-bond acceptors (Lipinski definition) is 2. The smallest absolute Gasteiger partial charge is 0.372 e. The molecule has 2 atom stereocenters. The lowest BCUT2D eigenvalue weighted by atomic mass is 9.85. The monoisotopic (exact) mass is 424 g/mol. The van der Waals surface area contributed by atoms with Crippen molar-refractivity contribution in [2.75, 3.05) is 0 Å². The molecule has 30 heavy (non-hydrogen) atoms. The number of benzene rings is 2. The summed E-state index contributed by atoms with van der Waals surface area (Å²) in [5, 5.41) is 15.1. The van der Waals surface area contributed by atoms with Crippen LogP contribution in [0.1, 0.15) is 23.6 Å². The Balaban J connectivity index is 1.82. The van der Waals surface area contributed by atoms with E-state index in [0.717, 1.165) is 12.1 Å². The first-order valence-electron chi connectivity index (χ1n) is 8.87. The molecule has 2 aromatic carbocycles. The van der Waals surface area contributed by atoms with E-state index >= 15 is 0 Å². The fourth-order valence-electron chi connectivity index (χ4n) is 3.52. The topological polar surface area (TPSA) is 38.1 Å². The molecular formula is C21H14F6N2O. The Labute approximate surface area is 166 Å². The Morgan fingerprint density at radius 3 is 2.30 bits per heavy atom. The van der Waals surface area contributed by atoms with E-state index in [1.807, 2.05) is 0 Å². The van der Waals surface area contributed by atoms with Gasteiger partial charge in [0.05, 0.1) is 17.8 Å². The molecule has 3 nitrogen and oxygen atoms in total. The fraction of sp³-hybridized carbons (Fsp3) is 0.190. The minimum Gasteiger partial charge on any atom is -0.372 e. The van der Waals surface area contributed by atoms with Gasteiger partial charge in [-0.05, 0) is 48.4 Å². The van der Waals surface area contributed by atoms with Crippen LogP contribution in [-0.2, 0) is 5.60 Å². The number of hydrogen-bond donors (Lipinski definition) is 1. The molecule has 4 rings (SSSR count). The van der Waals surface area contributed by atoms with Gasteiger partial charge in [-0.1, -0.05) is 18.2 Å². The second kappa shape index (κ2) is 7.02. The number of nitrogens with zero attached hydrogens (tertiary/aromatic N) is 2. The van der Waals surface area contributed by atoms with Gasteiger partial charge in [0.2, 0.25) is 5.60 Å². The van der Waals surface area contributed by atoms with Crippen LogP contribution in [0.2, 0.25) is 0 Å². The van der Waals surface area contributed by atoms with Crippen LogP contribution < -0.4 is 0 Å². The van der Waals surface area contributed by atoms with Gasteiger partial charge < -0.3 is 5.11 Å². The molecule has 1 heterocycles. The van der Waals surface area contributed by atoms with Crippen LogP contribution in [-0.4, -0.2) is 21.1 Å². The molecule has 1 aromatic heterocycles. The minimum absolute atomic E-state index is 0.293. The number of aliphatic hydroxyl groups is 1. The van der Waals surface area contributed by atoms with E-state index in [1.54, 1.807) is 6.08 Å². The molecule has 0 fully saturated rings. The van der Waals surface area contributed by atoms with Crippen LogP contribution in [0.15, 0.2) is 66.6 Å². The first kappa shape index (κ1) is 20.2. The number of fused-ring (bicyclic) bond motifs is 1. The molecule has 0 saturated heterocycles. The summed E-state index contributed by atoms with van der Waals surface area (Å²) in [7, 11) is 0. The SMILES string of the molecule is OC(c1ccc(F)c(F)c1)(c1ccc2c(cnn2C2C=CC(F)=CC2)c1)C(F)(F)F. The van der Waals surface area contributed by atoms with Crippen LogP contribution in [0.3, 0.4) is 0 Å². The second-order valence-corrected chi connectivity index (χ2v) is 6.95. The highest BCUT2D eigenvalue weighted by molar-refractivity contribution is 5.80. The Morgan fingerprint density at radius 1 is 0.967 bits per heavy atom. The van der Waals surface area contributed by atoms with Crippen molar-refractivity contribution in [3.8, 4) is 0 Å². The van der Waals surface area contributed by atoms with Crippen molar-refractivity contribution in [1.29, 1.82) is 0 Å². The summed E-state index contributed by atoms with van der Waals surface area (Å²) in [6.07, 6.45) is 0.670. The zero-order valence-electron chi connectivity index (χ0n) is 15.2. The molecule has 0 saturated carbocycles. The van der Waals surface area contributed by atoms with Crippen molar-refractivity contribution < 1.29 is 31.4 Å². The Hall–Kier alpha value is -3.07. The maximum Gasteiger partial charge on any atom is 0.425 e. The fourth-order valence-corrected chi connectivity index (χ4v) is 3.52. The zero-order valence-corrected chi connectivity index (χ0v) is 15.2. The Bertz CT molecular complexity index is 1180. The quantitative estimate of drug-likeness (QED) is 0.567. The molecule has 1 aliphatic carbocycles. The summed E-state index contributed by atoms with van der Waals surface area (Å²) in [4.78, 5) is 0. The summed E-state index contributed by atoms with van der Waals surface area (Å²) in [6, 6.07) is 4.71. The van der Waals surface area contributed by atoms with E-state index in [9.17, 15) is 31.4 Å². The van der Waals surface area contributed by atoms with E-state index in [2.05, 4.69) is 5.10 Å². The summed E-state index contributed by atoms with van der Waals surface area (Å²) in [5.41, 5.74) is -4.51. The molecule has 3 aromatic rings. The van der Waals surface area contributed by atoms with Gasteiger partial charge in [-0.2, -0.15) is 18.3 Å². The molecule has 0 bridgehead atoms. The highest BCUT2D eigenvalue weighted by Gasteiger charge is 2.56. The van der Waals surface area contributed by atoms with Gasteiger partial charge in [-0.3, -0.25) is 4.68 Å². The number of halogens is 6. The van der Waals surface area contributed by atoms with Crippen molar-refractivity contribution in [3.05, 3.63) is 89.4 Å². The van der Waals surface area contributed by atoms with Crippen LogP contribution in [0.5, 0.6) is 0 Å². The Kier molecular flexibility index (Phi) is 4.73. The summed E-state index contributed by atoms with van der Waals surface area (Å²) >= 11 is 0. The van der Waals surface area contributed by atoms with Gasteiger partial charge in [0.15, 0.2) is 11.6 Å². The van der Waals surface area contributed by atoms with E-state index in [-0.39, 0.29) is 11.9 Å². The number of alkyl halides is 3. The van der Waals surface area contributed by atoms with Crippen LogP contribution in [0.4, 0.5) is 26.3 Å². The molecule has 1 aliphatic rings. The molecule has 0 aliphatic heterocycles. The first-order valence-corrected chi connectivity index (χ1v) is 8.87. The lowest BCUT2D eigenvalue weighted by Crippen LogP contribution is -2.43. The van der Waals surface area contributed by atoms with E-state index in [1.165, 1.54) is 29.1 Å². The molecule has 0 amide bonds. The molecule has 0 spiro atoms. The van der Waals surface area contributed by atoms with E-state index < -0.39 is 34.5 Å². The molecule has 2 unspecified atom stereocenters. The summed E-state index contributed by atoms with van der Waals surface area (Å²) in [6.45, 7) is 0. The predicted molar refractivity (Wildman–Crippen MR) is 97.1 cm³/mol. The molecule has 156 valence electrons. The molecular weight excluding hydrogens is 410 g/mol. The summed E-state index contributed by atoms with van der Waals surface area (Å²) < 4.78 is 83.2. The number of allylic oxidation sites excluding steroid dienone is 4. The largest absolute Gasteiger partial charge is 0.425 e. The third-order valence-corrected chi connectivity index (χ3v) is 5.11. The first-order chi connectivity index (χ1) is 14.1.